The van der Waals surface area contributed by atoms with Crippen LogP contribution in [0.4, 0.5) is 15.1 Å². The molecule has 50 heavy (non-hydrogen) atoms. The van der Waals surface area contributed by atoms with Crippen molar-refractivity contribution in [2.75, 3.05) is 29.5 Å². The van der Waals surface area contributed by atoms with E-state index in [0.717, 1.165) is 10.4 Å². The summed E-state index contributed by atoms with van der Waals surface area (Å²) in [5, 5.41) is 8.54. The van der Waals surface area contributed by atoms with Gasteiger partial charge in [0, 0.05) is 40.1 Å². The van der Waals surface area contributed by atoms with E-state index in [-0.39, 0.29) is 46.0 Å². The average molecular weight is 735 g/mol. The van der Waals surface area contributed by atoms with Gasteiger partial charge in [-0.2, -0.15) is 0 Å². The summed E-state index contributed by atoms with van der Waals surface area (Å²) in [6.45, 7) is 4.19. The maximum atomic E-state index is 14.7. The Kier molecular flexibility index (Phi) is 12.1. The number of benzene rings is 3. The average Bonchev–Trinajstić information content (AvgIpc) is 3.46. The van der Waals surface area contributed by atoms with E-state index in [4.69, 9.17) is 16.3 Å². The number of fused-ring (bicyclic) bond motifs is 1. The zero-order valence-electron chi connectivity index (χ0n) is 27.0. The number of anilines is 2. The molecule has 1 aliphatic rings. The van der Waals surface area contributed by atoms with Crippen molar-refractivity contribution in [1.29, 1.82) is 0 Å². The van der Waals surface area contributed by atoms with Crippen molar-refractivity contribution >= 4 is 81.1 Å². The molecule has 0 atom stereocenters. The van der Waals surface area contributed by atoms with Gasteiger partial charge >= 0.3 is 5.97 Å². The summed E-state index contributed by atoms with van der Waals surface area (Å²) in [6.07, 6.45) is 1.64. The number of nitrogens with zero attached hydrogens (tertiary/aromatic N) is 1. The first-order valence-electron chi connectivity index (χ1n) is 15.5. The number of rotatable bonds is 11. The topological polar surface area (TPSA) is 134 Å². The molecule has 10 nitrogen and oxygen atoms in total. The molecule has 258 valence electrons. The Balaban J connectivity index is 1.29. The molecule has 5 rings (SSSR count). The molecule has 0 spiro atoms. The zero-order valence-corrected chi connectivity index (χ0v) is 29.4. The van der Waals surface area contributed by atoms with Gasteiger partial charge in [-0.3, -0.25) is 19.2 Å². The molecule has 4 aromatic rings. The first-order valence-corrected chi connectivity index (χ1v) is 17.6. The summed E-state index contributed by atoms with van der Waals surface area (Å²) in [5.74, 6) is -2.98. The SMILES string of the molecule is CCOC(=O)c1c(NC(=O)CSc2cccc(NC(=O)/C(=C\c3c(F)cccc3Cl)NC(=O)c3ccccc3)c2)sc2c1CCN(C(C)=O)C2. The zero-order chi connectivity index (χ0) is 35.8. The smallest absolute Gasteiger partial charge is 0.341 e. The van der Waals surface area contributed by atoms with E-state index in [2.05, 4.69) is 16.0 Å². The van der Waals surface area contributed by atoms with E-state index in [1.807, 2.05) is 0 Å². The molecule has 3 aromatic carbocycles. The van der Waals surface area contributed by atoms with Gasteiger partial charge in [0.05, 0.1) is 29.5 Å². The van der Waals surface area contributed by atoms with Gasteiger partial charge in [0.2, 0.25) is 11.8 Å². The Morgan fingerprint density at radius 2 is 1.78 bits per heavy atom. The second kappa shape index (κ2) is 16.6. The normalized spacial score (nSPS) is 12.5. The van der Waals surface area contributed by atoms with Crippen LogP contribution in [0.25, 0.3) is 6.08 Å². The number of hydrogen-bond donors (Lipinski definition) is 3. The molecule has 1 aromatic heterocycles. The predicted octanol–water partition coefficient (Wildman–Crippen LogP) is 6.76. The molecule has 0 saturated carbocycles. The van der Waals surface area contributed by atoms with Gasteiger partial charge in [0.1, 0.15) is 16.5 Å². The Morgan fingerprint density at radius 3 is 2.50 bits per heavy atom. The third kappa shape index (κ3) is 8.97. The maximum Gasteiger partial charge on any atom is 0.341 e. The summed E-state index contributed by atoms with van der Waals surface area (Å²) in [7, 11) is 0. The Morgan fingerprint density at radius 1 is 1.02 bits per heavy atom. The number of carbonyl (C=O) groups excluding carboxylic acids is 5. The molecule has 3 N–H and O–H groups in total. The first-order chi connectivity index (χ1) is 24.0. The quantitative estimate of drug-likeness (QED) is 0.0881. The molecule has 1 aliphatic heterocycles. The monoisotopic (exact) mass is 734 g/mol. The van der Waals surface area contributed by atoms with Crippen LogP contribution in [0.3, 0.4) is 0 Å². The fourth-order valence-corrected chi connectivity index (χ4v) is 7.33. The minimum Gasteiger partial charge on any atom is -0.462 e. The molecule has 0 unspecified atom stereocenters. The van der Waals surface area contributed by atoms with Gasteiger partial charge in [-0.05, 0) is 67.4 Å². The maximum absolute atomic E-state index is 14.7. The lowest BCUT2D eigenvalue weighted by atomic mass is 10.0. The molecule has 0 bridgehead atoms. The minimum atomic E-state index is -0.731. The van der Waals surface area contributed by atoms with Crippen molar-refractivity contribution < 1.29 is 33.1 Å². The largest absolute Gasteiger partial charge is 0.462 e. The Bertz CT molecular complexity index is 1960. The minimum absolute atomic E-state index is 0.0220. The molecule has 0 radical (unpaired) electrons. The van der Waals surface area contributed by atoms with Gasteiger partial charge < -0.3 is 25.6 Å². The molecule has 0 saturated heterocycles. The fraction of sp³-hybridized carbons (Fsp3) is 0.194. The lowest BCUT2D eigenvalue weighted by molar-refractivity contribution is -0.129. The number of hydrogen-bond acceptors (Lipinski definition) is 8. The molecule has 0 fully saturated rings. The molecule has 4 amide bonds. The number of nitrogens with one attached hydrogen (secondary N) is 3. The number of thiophene rings is 1. The van der Waals surface area contributed by atoms with E-state index in [1.54, 1.807) is 66.4 Å². The Hall–Kier alpha value is -4.98. The standard InChI is InChI=1S/C36H32ClFN4O6S2/c1-3-48-36(47)32-25-15-16-42(21(2)43)19-30(25)50-35(32)41-31(44)20-49-24-12-7-11-23(17-24)39-34(46)29(18-26-27(37)13-8-14-28(26)38)40-33(45)22-9-5-4-6-10-22/h4-14,17-18H,3,15-16,19-20H2,1-2H3,(H,39,46)(H,40,45)(H,41,44)/b29-18+. The van der Waals surface area contributed by atoms with Gasteiger partial charge in [-0.1, -0.05) is 41.9 Å². The van der Waals surface area contributed by atoms with Crippen LogP contribution in [0, 0.1) is 5.82 Å². The van der Waals surface area contributed by atoms with Gasteiger partial charge in [-0.15, -0.1) is 23.1 Å². The van der Waals surface area contributed by atoms with Crippen LogP contribution >= 0.6 is 34.7 Å². The van der Waals surface area contributed by atoms with Crippen LogP contribution in [0.5, 0.6) is 0 Å². The van der Waals surface area contributed by atoms with Crippen molar-refractivity contribution in [3.63, 3.8) is 0 Å². The molecular weight excluding hydrogens is 703 g/mol. The Labute approximate surface area is 301 Å². The summed E-state index contributed by atoms with van der Waals surface area (Å²) in [5.41, 5.74) is 1.42. The van der Waals surface area contributed by atoms with E-state index >= 15 is 0 Å². The second-order valence-corrected chi connectivity index (χ2v) is 13.5. The van der Waals surface area contributed by atoms with E-state index in [9.17, 15) is 28.4 Å². The molecule has 0 aliphatic carbocycles. The van der Waals surface area contributed by atoms with Gasteiger partial charge in [-0.25, -0.2) is 9.18 Å². The number of esters is 1. The van der Waals surface area contributed by atoms with Crippen molar-refractivity contribution in [3.8, 4) is 0 Å². The predicted molar refractivity (Wildman–Crippen MR) is 193 cm³/mol. The summed E-state index contributed by atoms with van der Waals surface area (Å²) in [4.78, 5) is 67.5. The second-order valence-electron chi connectivity index (χ2n) is 11.0. The highest BCUT2D eigenvalue weighted by atomic mass is 35.5. The van der Waals surface area contributed by atoms with E-state index < -0.39 is 23.6 Å². The van der Waals surface area contributed by atoms with Crippen molar-refractivity contribution in [2.45, 2.75) is 31.7 Å². The fourth-order valence-electron chi connectivity index (χ4n) is 5.09. The first kappa shape index (κ1) is 36.3. The summed E-state index contributed by atoms with van der Waals surface area (Å²) < 4.78 is 19.9. The highest BCUT2D eigenvalue weighted by Gasteiger charge is 2.30. The number of ether oxygens (including phenoxy) is 1. The van der Waals surface area contributed by atoms with Crippen LogP contribution in [-0.4, -0.2) is 53.4 Å². The number of thioether (sulfide) groups is 1. The third-order valence-corrected chi connectivity index (χ3v) is 9.97. The van der Waals surface area contributed by atoms with Gasteiger partial charge in [0.25, 0.3) is 11.8 Å². The van der Waals surface area contributed by atoms with Crippen LogP contribution < -0.4 is 16.0 Å². The summed E-state index contributed by atoms with van der Waals surface area (Å²) in [6, 6.07) is 19.0. The molecule has 2 heterocycles. The highest BCUT2D eigenvalue weighted by Crippen LogP contribution is 2.38. The number of halogens is 2. The molecular formula is C36H32ClFN4O6S2. The lowest BCUT2D eigenvalue weighted by Gasteiger charge is -2.25. The van der Waals surface area contributed by atoms with E-state index in [0.29, 0.717) is 40.7 Å². The highest BCUT2D eigenvalue weighted by molar-refractivity contribution is 8.00. The third-order valence-electron chi connectivity index (χ3n) is 7.51. The number of carbonyl (C=O) groups is 5. The summed E-state index contributed by atoms with van der Waals surface area (Å²) >= 11 is 8.66. The van der Waals surface area contributed by atoms with Crippen molar-refractivity contribution in [3.05, 3.63) is 116 Å². The van der Waals surface area contributed by atoms with Crippen LogP contribution in [-0.2, 0) is 32.1 Å². The van der Waals surface area contributed by atoms with Gasteiger partial charge in [0.15, 0.2) is 0 Å². The van der Waals surface area contributed by atoms with Crippen molar-refractivity contribution in [1.82, 2.24) is 10.2 Å². The van der Waals surface area contributed by atoms with Crippen LogP contribution in [0.2, 0.25) is 5.02 Å². The number of amides is 4. The van der Waals surface area contributed by atoms with Crippen molar-refractivity contribution in [2.24, 2.45) is 0 Å². The van der Waals surface area contributed by atoms with Crippen LogP contribution in [0.15, 0.2) is 83.4 Å². The lowest BCUT2D eigenvalue weighted by Crippen LogP contribution is -2.34. The van der Waals surface area contributed by atoms with Crippen LogP contribution in [0.1, 0.15) is 50.6 Å². The molecule has 14 heteroatoms. The van der Waals surface area contributed by atoms with E-state index in [1.165, 1.54) is 54.3 Å².